The van der Waals surface area contributed by atoms with Gasteiger partial charge in [-0.15, -0.1) is 13.2 Å². The van der Waals surface area contributed by atoms with Gasteiger partial charge in [0.25, 0.3) is 0 Å². The van der Waals surface area contributed by atoms with Gasteiger partial charge in [-0.3, -0.25) is 0 Å². The van der Waals surface area contributed by atoms with Crippen LogP contribution in [0, 0.1) is 0 Å². The van der Waals surface area contributed by atoms with Crippen molar-refractivity contribution in [1.29, 1.82) is 0 Å². The average molecular weight is 293 g/mol. The van der Waals surface area contributed by atoms with Crippen molar-refractivity contribution in [3.05, 3.63) is 59.7 Å². The lowest BCUT2D eigenvalue weighted by Gasteiger charge is -2.30. The molecule has 1 aliphatic carbocycles. The number of nitrogens with one attached hydrogen (secondary N) is 1. The van der Waals surface area contributed by atoms with Crippen molar-refractivity contribution >= 4 is 5.69 Å². The van der Waals surface area contributed by atoms with Crippen LogP contribution in [0.4, 0.5) is 18.9 Å². The fourth-order valence-corrected chi connectivity index (χ4v) is 2.60. The highest BCUT2D eigenvalue weighted by atomic mass is 19.4. The molecule has 0 saturated carbocycles. The van der Waals surface area contributed by atoms with Crippen molar-refractivity contribution in [2.75, 3.05) is 11.9 Å². The standard InChI is InChI=1S/C16H14F3NO/c17-16(18,19)21-15-8-4-3-7-14(15)20-10-12-9-11-5-1-2-6-13(11)12/h1-8,12,20H,9-10H2. The van der Waals surface area contributed by atoms with Crippen LogP contribution in [0.15, 0.2) is 48.5 Å². The zero-order valence-electron chi connectivity index (χ0n) is 11.2. The summed E-state index contributed by atoms with van der Waals surface area (Å²) in [6, 6.07) is 14.2. The molecule has 0 amide bonds. The second kappa shape index (κ2) is 5.31. The number of anilines is 1. The Bertz CT molecular complexity index is 639. The van der Waals surface area contributed by atoms with Crippen LogP contribution < -0.4 is 10.1 Å². The lowest BCUT2D eigenvalue weighted by Crippen LogP contribution is -2.25. The van der Waals surface area contributed by atoms with Gasteiger partial charge in [-0.2, -0.15) is 0 Å². The number of ether oxygens (including phenoxy) is 1. The molecule has 110 valence electrons. The summed E-state index contributed by atoms with van der Waals surface area (Å²) < 4.78 is 41.1. The number of benzene rings is 2. The summed E-state index contributed by atoms with van der Waals surface area (Å²) in [7, 11) is 0. The lowest BCUT2D eigenvalue weighted by atomic mass is 9.77. The molecular formula is C16H14F3NO. The van der Waals surface area contributed by atoms with E-state index in [0.717, 1.165) is 6.42 Å². The van der Waals surface area contributed by atoms with Crippen LogP contribution in [0.5, 0.6) is 5.75 Å². The summed E-state index contributed by atoms with van der Waals surface area (Å²) in [6.07, 6.45) is -3.73. The number of hydrogen-bond donors (Lipinski definition) is 1. The first-order valence-electron chi connectivity index (χ1n) is 6.69. The minimum atomic E-state index is -4.68. The quantitative estimate of drug-likeness (QED) is 0.905. The minimum absolute atomic E-state index is 0.197. The average Bonchev–Trinajstić information content (AvgIpc) is 2.40. The van der Waals surface area contributed by atoms with E-state index < -0.39 is 6.36 Å². The molecule has 2 aromatic rings. The highest BCUT2D eigenvalue weighted by molar-refractivity contribution is 5.57. The summed E-state index contributed by atoms with van der Waals surface area (Å²) in [6.45, 7) is 0.593. The van der Waals surface area contributed by atoms with Crippen molar-refractivity contribution in [2.45, 2.75) is 18.7 Å². The van der Waals surface area contributed by atoms with Gasteiger partial charge >= 0.3 is 6.36 Å². The Labute approximate surface area is 120 Å². The van der Waals surface area contributed by atoms with Gasteiger partial charge in [0.05, 0.1) is 5.69 Å². The fraction of sp³-hybridized carbons (Fsp3) is 0.250. The van der Waals surface area contributed by atoms with Gasteiger partial charge in [-0.25, -0.2) is 0 Å². The van der Waals surface area contributed by atoms with Gasteiger partial charge in [0.1, 0.15) is 0 Å². The topological polar surface area (TPSA) is 21.3 Å². The third-order valence-corrected chi connectivity index (χ3v) is 3.61. The van der Waals surface area contributed by atoms with E-state index in [1.807, 2.05) is 12.1 Å². The van der Waals surface area contributed by atoms with Crippen molar-refractivity contribution in [1.82, 2.24) is 0 Å². The summed E-state index contributed by atoms with van der Waals surface area (Å²) in [5, 5.41) is 3.05. The Morgan fingerprint density at radius 1 is 1.05 bits per heavy atom. The van der Waals surface area contributed by atoms with Gasteiger partial charge < -0.3 is 10.1 Å². The lowest BCUT2D eigenvalue weighted by molar-refractivity contribution is -0.274. The molecule has 1 aliphatic rings. The first-order valence-corrected chi connectivity index (χ1v) is 6.69. The number of hydrogen-bond acceptors (Lipinski definition) is 2. The third-order valence-electron chi connectivity index (χ3n) is 3.61. The molecule has 0 fully saturated rings. The van der Waals surface area contributed by atoms with Gasteiger partial charge in [-0.1, -0.05) is 36.4 Å². The second-order valence-corrected chi connectivity index (χ2v) is 5.02. The largest absolute Gasteiger partial charge is 0.573 e. The van der Waals surface area contributed by atoms with E-state index >= 15 is 0 Å². The number of fused-ring (bicyclic) bond motifs is 1. The molecule has 1 N–H and O–H groups in total. The zero-order valence-corrected chi connectivity index (χ0v) is 11.2. The summed E-state index contributed by atoms with van der Waals surface area (Å²) in [4.78, 5) is 0. The summed E-state index contributed by atoms with van der Waals surface area (Å²) in [5.41, 5.74) is 2.93. The number of halogens is 3. The van der Waals surface area contributed by atoms with Crippen LogP contribution in [0.1, 0.15) is 17.0 Å². The Hall–Kier alpha value is -2.17. The molecule has 0 aliphatic heterocycles. The Kier molecular flexibility index (Phi) is 3.49. The summed E-state index contributed by atoms with van der Waals surface area (Å²) in [5.74, 6) is 0.137. The maximum absolute atomic E-state index is 12.3. The maximum Gasteiger partial charge on any atom is 0.573 e. The molecule has 3 rings (SSSR count). The van der Waals surface area contributed by atoms with Gasteiger partial charge in [-0.05, 0) is 29.7 Å². The molecule has 2 aromatic carbocycles. The van der Waals surface area contributed by atoms with Gasteiger partial charge in [0, 0.05) is 12.5 Å². The molecule has 2 nitrogen and oxygen atoms in total. The Morgan fingerprint density at radius 3 is 2.52 bits per heavy atom. The second-order valence-electron chi connectivity index (χ2n) is 5.02. The Morgan fingerprint density at radius 2 is 1.76 bits per heavy atom. The van der Waals surface area contributed by atoms with Crippen LogP contribution in [0.3, 0.4) is 0 Å². The molecule has 0 aromatic heterocycles. The number of alkyl halides is 3. The van der Waals surface area contributed by atoms with Crippen LogP contribution in [0.2, 0.25) is 0 Å². The van der Waals surface area contributed by atoms with Gasteiger partial charge in [0.15, 0.2) is 5.75 Å². The van der Waals surface area contributed by atoms with E-state index in [9.17, 15) is 13.2 Å². The van der Waals surface area contributed by atoms with E-state index in [4.69, 9.17) is 0 Å². The van der Waals surface area contributed by atoms with Crippen LogP contribution in [0.25, 0.3) is 0 Å². The van der Waals surface area contributed by atoms with Crippen molar-refractivity contribution in [2.24, 2.45) is 0 Å². The van der Waals surface area contributed by atoms with E-state index in [0.29, 0.717) is 18.2 Å². The van der Waals surface area contributed by atoms with E-state index in [1.165, 1.54) is 23.3 Å². The predicted octanol–water partition coefficient (Wildman–Crippen LogP) is 4.34. The zero-order chi connectivity index (χ0) is 14.9. The van der Waals surface area contributed by atoms with Crippen LogP contribution >= 0.6 is 0 Å². The minimum Gasteiger partial charge on any atom is -0.404 e. The van der Waals surface area contributed by atoms with Gasteiger partial charge in [0.2, 0.25) is 0 Å². The van der Waals surface area contributed by atoms with Crippen molar-refractivity contribution in [3.8, 4) is 5.75 Å². The maximum atomic E-state index is 12.3. The SMILES string of the molecule is FC(F)(F)Oc1ccccc1NCC1Cc2ccccc21. The van der Waals surface area contributed by atoms with Crippen molar-refractivity contribution < 1.29 is 17.9 Å². The number of rotatable bonds is 4. The highest BCUT2D eigenvalue weighted by Gasteiger charge is 2.32. The summed E-state index contributed by atoms with van der Waals surface area (Å²) >= 11 is 0. The molecule has 0 radical (unpaired) electrons. The third kappa shape index (κ3) is 3.12. The molecular weight excluding hydrogens is 279 g/mol. The molecule has 1 atom stereocenters. The molecule has 0 heterocycles. The normalized spacial score (nSPS) is 16.8. The van der Waals surface area contributed by atoms with E-state index in [2.05, 4.69) is 22.2 Å². The molecule has 1 unspecified atom stereocenters. The fourth-order valence-electron chi connectivity index (χ4n) is 2.60. The van der Waals surface area contributed by atoms with E-state index in [1.54, 1.807) is 12.1 Å². The first-order chi connectivity index (χ1) is 10.0. The van der Waals surface area contributed by atoms with Crippen LogP contribution in [-0.2, 0) is 6.42 Å². The molecule has 0 spiro atoms. The van der Waals surface area contributed by atoms with Crippen LogP contribution in [-0.4, -0.2) is 12.9 Å². The van der Waals surface area contributed by atoms with Crippen molar-refractivity contribution in [3.63, 3.8) is 0 Å². The first kappa shape index (κ1) is 13.8. The monoisotopic (exact) mass is 293 g/mol. The highest BCUT2D eigenvalue weighted by Crippen LogP contribution is 2.36. The molecule has 0 bridgehead atoms. The molecule has 5 heteroatoms. The molecule has 0 saturated heterocycles. The Balaban J connectivity index is 1.67. The number of para-hydroxylation sites is 2. The smallest absolute Gasteiger partial charge is 0.404 e. The molecule has 21 heavy (non-hydrogen) atoms. The van der Waals surface area contributed by atoms with E-state index in [-0.39, 0.29) is 5.75 Å². The predicted molar refractivity (Wildman–Crippen MR) is 74.5 cm³/mol.